The summed E-state index contributed by atoms with van der Waals surface area (Å²) in [6.45, 7) is 0. The Morgan fingerprint density at radius 2 is 1.94 bits per heavy atom. The third kappa shape index (κ3) is 1.85. The van der Waals surface area contributed by atoms with Crippen molar-refractivity contribution in [2.45, 2.75) is 25.7 Å². The average molecular weight is 219 g/mol. The maximum Gasteiger partial charge on any atom is 0.250 e. The van der Waals surface area contributed by atoms with Gasteiger partial charge in [0.2, 0.25) is 11.8 Å². The standard InChI is InChI=1S/C11H13N3O2/c15-10(7-1-2-7)13-9-5-12-14(6-9)11(16)8-3-4-8/h5-8H,1-4H2,(H,13,15). The molecule has 1 heterocycles. The molecule has 3 rings (SSSR count). The van der Waals surface area contributed by atoms with Crippen molar-refractivity contribution in [2.24, 2.45) is 11.8 Å². The summed E-state index contributed by atoms with van der Waals surface area (Å²) in [6, 6.07) is 0. The van der Waals surface area contributed by atoms with E-state index in [9.17, 15) is 9.59 Å². The summed E-state index contributed by atoms with van der Waals surface area (Å²) in [5, 5.41) is 6.73. The number of rotatable bonds is 3. The van der Waals surface area contributed by atoms with Crippen LogP contribution in [0.25, 0.3) is 0 Å². The third-order valence-electron chi connectivity index (χ3n) is 2.95. The van der Waals surface area contributed by atoms with Crippen LogP contribution in [0, 0.1) is 11.8 Å². The van der Waals surface area contributed by atoms with Crippen molar-refractivity contribution in [3.05, 3.63) is 12.4 Å². The molecule has 0 spiro atoms. The van der Waals surface area contributed by atoms with E-state index in [0.717, 1.165) is 25.7 Å². The van der Waals surface area contributed by atoms with Gasteiger partial charge in [-0.25, -0.2) is 4.68 Å². The minimum absolute atomic E-state index is 0.0342. The molecule has 1 amide bonds. The summed E-state index contributed by atoms with van der Waals surface area (Å²) in [5.41, 5.74) is 0.617. The van der Waals surface area contributed by atoms with Crippen LogP contribution in [0.15, 0.2) is 12.4 Å². The Kier molecular flexibility index (Phi) is 2.05. The molecule has 0 atom stereocenters. The van der Waals surface area contributed by atoms with Gasteiger partial charge in [-0.05, 0) is 25.7 Å². The summed E-state index contributed by atoms with van der Waals surface area (Å²) in [5.74, 6) is 0.389. The molecule has 1 aromatic rings. The number of hydrogen-bond acceptors (Lipinski definition) is 3. The quantitative estimate of drug-likeness (QED) is 0.832. The number of aromatic nitrogens is 2. The van der Waals surface area contributed by atoms with E-state index in [1.807, 2.05) is 0 Å². The Balaban J connectivity index is 1.66. The molecular weight excluding hydrogens is 206 g/mol. The lowest BCUT2D eigenvalue weighted by Gasteiger charge is -1.99. The van der Waals surface area contributed by atoms with Gasteiger partial charge >= 0.3 is 0 Å². The summed E-state index contributed by atoms with van der Waals surface area (Å²) in [7, 11) is 0. The van der Waals surface area contributed by atoms with Crippen LogP contribution in [-0.4, -0.2) is 21.6 Å². The first kappa shape index (κ1) is 9.57. The molecule has 2 aliphatic carbocycles. The van der Waals surface area contributed by atoms with Gasteiger partial charge in [0.05, 0.1) is 18.1 Å². The fourth-order valence-electron chi connectivity index (χ4n) is 1.62. The van der Waals surface area contributed by atoms with Crippen molar-refractivity contribution >= 4 is 17.5 Å². The highest BCUT2D eigenvalue weighted by atomic mass is 16.2. The summed E-state index contributed by atoms with van der Waals surface area (Å²) >= 11 is 0. The van der Waals surface area contributed by atoms with E-state index < -0.39 is 0 Å². The zero-order chi connectivity index (χ0) is 11.1. The van der Waals surface area contributed by atoms with E-state index in [1.54, 1.807) is 6.20 Å². The van der Waals surface area contributed by atoms with Crippen molar-refractivity contribution < 1.29 is 9.59 Å². The second-order valence-electron chi connectivity index (χ2n) is 4.55. The smallest absolute Gasteiger partial charge is 0.250 e. The van der Waals surface area contributed by atoms with Crippen molar-refractivity contribution in [3.8, 4) is 0 Å². The molecule has 0 aromatic carbocycles. The molecule has 2 fully saturated rings. The molecule has 0 saturated heterocycles. The fraction of sp³-hybridized carbons (Fsp3) is 0.545. The topological polar surface area (TPSA) is 64.0 Å². The van der Waals surface area contributed by atoms with Crippen LogP contribution in [0.2, 0.25) is 0 Å². The van der Waals surface area contributed by atoms with Crippen molar-refractivity contribution in [1.29, 1.82) is 0 Å². The van der Waals surface area contributed by atoms with Gasteiger partial charge in [0.25, 0.3) is 0 Å². The summed E-state index contributed by atoms with van der Waals surface area (Å²) in [4.78, 5) is 23.1. The van der Waals surface area contributed by atoms with E-state index >= 15 is 0 Å². The van der Waals surface area contributed by atoms with Crippen LogP contribution in [0.3, 0.4) is 0 Å². The normalized spacial score (nSPS) is 19.5. The van der Waals surface area contributed by atoms with Crippen LogP contribution in [0.4, 0.5) is 5.69 Å². The molecule has 2 saturated carbocycles. The number of nitrogens with one attached hydrogen (secondary N) is 1. The monoisotopic (exact) mass is 219 g/mol. The fourth-order valence-corrected chi connectivity index (χ4v) is 1.62. The Hall–Kier alpha value is -1.65. The van der Waals surface area contributed by atoms with Crippen LogP contribution in [0.5, 0.6) is 0 Å². The van der Waals surface area contributed by atoms with E-state index in [2.05, 4.69) is 10.4 Å². The lowest BCUT2D eigenvalue weighted by Crippen LogP contribution is -2.14. The van der Waals surface area contributed by atoms with Gasteiger partial charge in [-0.1, -0.05) is 0 Å². The molecular formula is C11H13N3O2. The molecule has 16 heavy (non-hydrogen) atoms. The minimum atomic E-state index is 0.0342. The molecule has 0 aliphatic heterocycles. The lowest BCUT2D eigenvalue weighted by atomic mass is 10.4. The zero-order valence-corrected chi connectivity index (χ0v) is 8.85. The molecule has 1 N–H and O–H groups in total. The van der Waals surface area contributed by atoms with Gasteiger partial charge in [-0.3, -0.25) is 9.59 Å². The Bertz CT molecular complexity index is 444. The van der Waals surface area contributed by atoms with Gasteiger partial charge in [-0.2, -0.15) is 5.10 Å². The highest BCUT2D eigenvalue weighted by molar-refractivity contribution is 5.94. The van der Waals surface area contributed by atoms with Gasteiger partial charge in [0.15, 0.2) is 0 Å². The maximum absolute atomic E-state index is 11.6. The van der Waals surface area contributed by atoms with Crippen molar-refractivity contribution in [3.63, 3.8) is 0 Å². The largest absolute Gasteiger partial charge is 0.323 e. The highest BCUT2D eigenvalue weighted by Crippen LogP contribution is 2.31. The first-order valence-corrected chi connectivity index (χ1v) is 5.64. The van der Waals surface area contributed by atoms with Gasteiger partial charge in [0.1, 0.15) is 0 Å². The Morgan fingerprint density at radius 1 is 1.25 bits per heavy atom. The SMILES string of the molecule is O=C(Nc1cnn(C(=O)C2CC2)c1)C1CC1. The third-order valence-corrected chi connectivity index (χ3v) is 2.95. The number of hydrogen-bond donors (Lipinski definition) is 1. The molecule has 0 radical (unpaired) electrons. The van der Waals surface area contributed by atoms with Crippen LogP contribution < -0.4 is 5.32 Å². The zero-order valence-electron chi connectivity index (χ0n) is 8.85. The predicted molar refractivity (Wildman–Crippen MR) is 56.9 cm³/mol. The molecule has 0 unspecified atom stereocenters. The maximum atomic E-state index is 11.6. The first-order chi connectivity index (χ1) is 7.74. The van der Waals surface area contributed by atoms with Crippen LogP contribution in [-0.2, 0) is 4.79 Å². The number of anilines is 1. The van der Waals surface area contributed by atoms with Gasteiger partial charge in [0, 0.05) is 11.8 Å². The van der Waals surface area contributed by atoms with E-state index in [-0.39, 0.29) is 23.7 Å². The minimum Gasteiger partial charge on any atom is -0.323 e. The second kappa shape index (κ2) is 3.43. The second-order valence-corrected chi connectivity index (χ2v) is 4.55. The van der Waals surface area contributed by atoms with E-state index in [0.29, 0.717) is 5.69 Å². The van der Waals surface area contributed by atoms with Gasteiger partial charge < -0.3 is 5.32 Å². The van der Waals surface area contributed by atoms with Crippen LogP contribution in [0.1, 0.15) is 30.5 Å². The van der Waals surface area contributed by atoms with E-state index in [4.69, 9.17) is 0 Å². The molecule has 2 aliphatic rings. The van der Waals surface area contributed by atoms with Crippen LogP contribution >= 0.6 is 0 Å². The Labute approximate surface area is 92.8 Å². The number of nitrogens with zero attached hydrogens (tertiary/aromatic N) is 2. The average Bonchev–Trinajstić information content (AvgIpc) is 3.14. The molecule has 1 aromatic heterocycles. The Morgan fingerprint density at radius 3 is 2.56 bits per heavy atom. The lowest BCUT2D eigenvalue weighted by molar-refractivity contribution is -0.117. The summed E-state index contributed by atoms with van der Waals surface area (Å²) < 4.78 is 1.33. The molecule has 84 valence electrons. The first-order valence-electron chi connectivity index (χ1n) is 5.64. The van der Waals surface area contributed by atoms with Crippen molar-refractivity contribution in [1.82, 2.24) is 9.78 Å². The number of amides is 1. The number of carbonyl (C=O) groups is 2. The van der Waals surface area contributed by atoms with Crippen molar-refractivity contribution in [2.75, 3.05) is 5.32 Å². The molecule has 5 nitrogen and oxygen atoms in total. The predicted octanol–water partition coefficient (Wildman–Crippen LogP) is 1.28. The molecule has 5 heteroatoms. The summed E-state index contributed by atoms with van der Waals surface area (Å²) in [6.07, 6.45) is 6.99. The van der Waals surface area contributed by atoms with E-state index in [1.165, 1.54) is 10.9 Å². The molecule has 0 bridgehead atoms. The highest BCUT2D eigenvalue weighted by Gasteiger charge is 2.32. The van der Waals surface area contributed by atoms with Gasteiger partial charge in [-0.15, -0.1) is 0 Å². The number of carbonyl (C=O) groups excluding carboxylic acids is 2.